The molecule has 0 aliphatic rings. The molecule has 0 bridgehead atoms. The van der Waals surface area contributed by atoms with Gasteiger partial charge in [-0.05, 0) is 18.9 Å². The van der Waals surface area contributed by atoms with Gasteiger partial charge in [-0.15, -0.1) is 24.8 Å². The van der Waals surface area contributed by atoms with Gasteiger partial charge in [-0.25, -0.2) is 0 Å². The number of hydrogen-bond donors (Lipinski definition) is 1. The zero-order valence-electron chi connectivity index (χ0n) is 7.51. The Kier molecular flexibility index (Phi) is 21.0. The van der Waals surface area contributed by atoms with Gasteiger partial charge in [-0.2, -0.15) is 0 Å². The zero-order valence-corrected chi connectivity index (χ0v) is 9.14. The number of hydrogen-bond acceptors (Lipinski definition) is 1. The van der Waals surface area contributed by atoms with Gasteiger partial charge in [0.1, 0.15) is 0 Å². The van der Waals surface area contributed by atoms with Crippen molar-refractivity contribution in [1.82, 2.24) is 0 Å². The second kappa shape index (κ2) is 13.2. The lowest BCUT2D eigenvalue weighted by Crippen LogP contribution is -1.98. The Morgan fingerprint density at radius 2 is 1.55 bits per heavy atom. The van der Waals surface area contributed by atoms with Gasteiger partial charge in [0.25, 0.3) is 0 Å². The maximum atomic E-state index is 5.35. The third kappa shape index (κ3) is 18.0. The topological polar surface area (TPSA) is 26.0 Å². The van der Waals surface area contributed by atoms with Gasteiger partial charge in [-0.3, -0.25) is 0 Å². The van der Waals surface area contributed by atoms with E-state index in [-0.39, 0.29) is 24.8 Å². The molecule has 0 aromatic rings. The fourth-order valence-electron chi connectivity index (χ4n) is 0.874. The molecule has 72 valence electrons. The minimum atomic E-state index is 0. The van der Waals surface area contributed by atoms with E-state index in [1.54, 1.807) is 0 Å². The van der Waals surface area contributed by atoms with E-state index in [4.69, 9.17) is 5.73 Å². The molecule has 0 heterocycles. The summed E-state index contributed by atoms with van der Waals surface area (Å²) in [7, 11) is 0. The molecule has 0 saturated heterocycles. The highest BCUT2D eigenvalue weighted by Gasteiger charge is 1.91. The Morgan fingerprint density at radius 3 is 1.91 bits per heavy atom. The van der Waals surface area contributed by atoms with Crippen molar-refractivity contribution in [3.63, 3.8) is 0 Å². The van der Waals surface area contributed by atoms with Gasteiger partial charge in [0.15, 0.2) is 0 Å². The molecule has 3 heteroatoms. The fourth-order valence-corrected chi connectivity index (χ4v) is 0.874. The quantitative estimate of drug-likeness (QED) is 0.681. The van der Waals surface area contributed by atoms with Crippen LogP contribution in [0.1, 0.15) is 39.5 Å². The van der Waals surface area contributed by atoms with E-state index >= 15 is 0 Å². The molecule has 1 nitrogen and oxygen atoms in total. The Labute approximate surface area is 82.9 Å². The number of rotatable bonds is 5. The van der Waals surface area contributed by atoms with Crippen LogP contribution in [0.25, 0.3) is 0 Å². The Bertz CT molecular complexity index is 58.1. The van der Waals surface area contributed by atoms with E-state index in [9.17, 15) is 0 Å². The van der Waals surface area contributed by atoms with Crippen LogP contribution < -0.4 is 5.73 Å². The lowest BCUT2D eigenvalue weighted by atomic mass is 10.1. The van der Waals surface area contributed by atoms with E-state index < -0.39 is 0 Å². The first kappa shape index (κ1) is 17.6. The smallest absolute Gasteiger partial charge is 0.00773 e. The minimum Gasteiger partial charge on any atom is -0.330 e. The number of nitrogens with two attached hydrogens (primary N) is 1. The molecule has 0 amide bonds. The molecule has 0 radical (unpaired) electrons. The lowest BCUT2D eigenvalue weighted by Gasteiger charge is -2.01. The molecule has 0 rings (SSSR count). The van der Waals surface area contributed by atoms with E-state index in [0.29, 0.717) is 0 Å². The van der Waals surface area contributed by atoms with Crippen molar-refractivity contribution in [3.05, 3.63) is 0 Å². The van der Waals surface area contributed by atoms with Gasteiger partial charge in [0, 0.05) is 0 Å². The van der Waals surface area contributed by atoms with Crippen molar-refractivity contribution >= 4 is 24.8 Å². The van der Waals surface area contributed by atoms with Crippen LogP contribution in [0, 0.1) is 5.92 Å². The van der Waals surface area contributed by atoms with Crippen molar-refractivity contribution in [2.24, 2.45) is 11.7 Å². The molecular formula is C8H21Cl2N. The molecular weight excluding hydrogens is 181 g/mol. The maximum Gasteiger partial charge on any atom is -0.00773 e. The Morgan fingerprint density at radius 1 is 1.00 bits per heavy atom. The highest BCUT2D eigenvalue weighted by molar-refractivity contribution is 5.85. The minimum absolute atomic E-state index is 0. The van der Waals surface area contributed by atoms with Gasteiger partial charge in [0.2, 0.25) is 0 Å². The van der Waals surface area contributed by atoms with Crippen molar-refractivity contribution in [1.29, 1.82) is 0 Å². The first-order valence-electron chi connectivity index (χ1n) is 3.97. The van der Waals surface area contributed by atoms with Crippen molar-refractivity contribution in [2.45, 2.75) is 39.5 Å². The molecule has 0 aromatic carbocycles. The average Bonchev–Trinajstić information content (AvgIpc) is 1.80. The van der Waals surface area contributed by atoms with Gasteiger partial charge in [-0.1, -0.05) is 33.1 Å². The third-order valence-electron chi connectivity index (χ3n) is 1.49. The molecule has 0 atom stereocenters. The molecule has 0 spiro atoms. The maximum absolute atomic E-state index is 5.35. The molecule has 11 heavy (non-hydrogen) atoms. The highest BCUT2D eigenvalue weighted by atomic mass is 35.5. The second-order valence-corrected chi connectivity index (χ2v) is 3.03. The van der Waals surface area contributed by atoms with E-state index in [1.807, 2.05) is 0 Å². The Hall–Kier alpha value is 0.540. The van der Waals surface area contributed by atoms with Gasteiger partial charge in [0.05, 0.1) is 0 Å². The summed E-state index contributed by atoms with van der Waals surface area (Å²) in [5.41, 5.74) is 5.35. The van der Waals surface area contributed by atoms with Gasteiger partial charge >= 0.3 is 0 Å². The molecule has 2 N–H and O–H groups in total. The summed E-state index contributed by atoms with van der Waals surface area (Å²) in [4.78, 5) is 0. The first-order chi connectivity index (χ1) is 4.27. The number of unbranched alkanes of at least 4 members (excludes halogenated alkanes) is 2. The third-order valence-corrected chi connectivity index (χ3v) is 1.49. The van der Waals surface area contributed by atoms with Gasteiger partial charge < -0.3 is 5.73 Å². The molecule has 0 aromatic heterocycles. The van der Waals surface area contributed by atoms with E-state index in [1.165, 1.54) is 25.7 Å². The number of halogens is 2. The summed E-state index contributed by atoms with van der Waals surface area (Å²) in [6, 6.07) is 0. The van der Waals surface area contributed by atoms with E-state index in [2.05, 4.69) is 13.8 Å². The predicted molar refractivity (Wildman–Crippen MR) is 56.9 cm³/mol. The highest BCUT2D eigenvalue weighted by Crippen LogP contribution is 2.06. The standard InChI is InChI=1S/C8H19N.2ClH/c1-8(2)6-4-3-5-7-9;;/h8H,3-7,9H2,1-2H3;2*1H. The van der Waals surface area contributed by atoms with Crippen LogP contribution in [-0.4, -0.2) is 6.54 Å². The van der Waals surface area contributed by atoms with Crippen LogP contribution in [0.15, 0.2) is 0 Å². The first-order valence-corrected chi connectivity index (χ1v) is 3.97. The summed E-state index contributed by atoms with van der Waals surface area (Å²) >= 11 is 0. The van der Waals surface area contributed by atoms with Crippen molar-refractivity contribution < 1.29 is 0 Å². The van der Waals surface area contributed by atoms with Crippen LogP contribution in [-0.2, 0) is 0 Å². The average molecular weight is 202 g/mol. The lowest BCUT2D eigenvalue weighted by molar-refractivity contribution is 0.529. The van der Waals surface area contributed by atoms with E-state index in [0.717, 1.165) is 12.5 Å². The molecule has 0 aliphatic carbocycles. The van der Waals surface area contributed by atoms with Crippen LogP contribution in [0.5, 0.6) is 0 Å². The van der Waals surface area contributed by atoms with Crippen LogP contribution in [0.3, 0.4) is 0 Å². The fraction of sp³-hybridized carbons (Fsp3) is 1.00. The summed E-state index contributed by atoms with van der Waals surface area (Å²) in [6.07, 6.45) is 5.23. The van der Waals surface area contributed by atoms with Crippen molar-refractivity contribution in [3.8, 4) is 0 Å². The summed E-state index contributed by atoms with van der Waals surface area (Å²) in [6.45, 7) is 5.39. The molecule has 0 aliphatic heterocycles. The predicted octanol–water partition coefficient (Wildman–Crippen LogP) is 3.01. The van der Waals surface area contributed by atoms with Crippen LogP contribution >= 0.6 is 24.8 Å². The molecule has 0 unspecified atom stereocenters. The molecule has 0 fully saturated rings. The van der Waals surface area contributed by atoms with Crippen LogP contribution in [0.2, 0.25) is 0 Å². The normalized spacial score (nSPS) is 8.73. The monoisotopic (exact) mass is 201 g/mol. The summed E-state index contributed by atoms with van der Waals surface area (Å²) in [5, 5.41) is 0. The zero-order chi connectivity index (χ0) is 7.11. The summed E-state index contributed by atoms with van der Waals surface area (Å²) in [5.74, 6) is 0.864. The Balaban J connectivity index is -0.000000320. The second-order valence-electron chi connectivity index (χ2n) is 3.03. The largest absolute Gasteiger partial charge is 0.330 e. The molecule has 0 saturated carbocycles. The SMILES string of the molecule is CC(C)CCCCCN.Cl.Cl. The van der Waals surface area contributed by atoms with Crippen LogP contribution in [0.4, 0.5) is 0 Å². The summed E-state index contributed by atoms with van der Waals surface area (Å²) < 4.78 is 0. The van der Waals surface area contributed by atoms with Crippen molar-refractivity contribution in [2.75, 3.05) is 6.54 Å².